The van der Waals surface area contributed by atoms with Crippen molar-refractivity contribution in [2.75, 3.05) is 5.32 Å². The van der Waals surface area contributed by atoms with E-state index in [-0.39, 0.29) is 0 Å². The average Bonchev–Trinajstić information content (AvgIpc) is 2.37. The molecule has 0 amide bonds. The molecule has 0 aliphatic heterocycles. The monoisotopic (exact) mass is 264 g/mol. The van der Waals surface area contributed by atoms with Crippen molar-refractivity contribution in [3.8, 4) is 6.07 Å². The average molecular weight is 265 g/mol. The number of hydrogen-bond acceptors (Lipinski definition) is 2. The fraction of sp³-hybridized carbons (Fsp3) is 0.533. The van der Waals surface area contributed by atoms with Crippen molar-refractivity contribution in [1.82, 2.24) is 0 Å². The molecule has 2 atom stereocenters. The van der Waals surface area contributed by atoms with E-state index in [0.29, 0.717) is 10.9 Å². The van der Waals surface area contributed by atoms with E-state index in [1.807, 2.05) is 31.2 Å². The minimum absolute atomic E-state index is 0.500. The Morgan fingerprint density at radius 2 is 2.17 bits per heavy atom. The van der Waals surface area contributed by atoms with Gasteiger partial charge in [0.1, 0.15) is 5.54 Å². The van der Waals surface area contributed by atoms with Crippen LogP contribution in [0.2, 0.25) is 5.02 Å². The molecule has 1 aromatic carbocycles. The number of nitrogens with one attached hydrogen (secondary N) is 1. The van der Waals surface area contributed by atoms with Crippen molar-refractivity contribution < 1.29 is 0 Å². The molecule has 1 rings (SSSR count). The maximum absolute atomic E-state index is 9.51. The van der Waals surface area contributed by atoms with Crippen molar-refractivity contribution >= 4 is 17.3 Å². The highest BCUT2D eigenvalue weighted by Gasteiger charge is 2.29. The first-order valence-electron chi connectivity index (χ1n) is 6.50. The molecular formula is C15H21ClN2. The zero-order valence-electron chi connectivity index (χ0n) is 11.3. The summed E-state index contributed by atoms with van der Waals surface area (Å²) in [6.07, 6.45) is 2.71. The number of halogens is 1. The second-order valence-electron chi connectivity index (χ2n) is 4.90. The Morgan fingerprint density at radius 3 is 2.67 bits per heavy atom. The summed E-state index contributed by atoms with van der Waals surface area (Å²) in [6, 6.07) is 9.98. The summed E-state index contributed by atoms with van der Waals surface area (Å²) in [5, 5.41) is 13.5. The molecule has 0 saturated heterocycles. The fourth-order valence-electron chi connectivity index (χ4n) is 2.02. The molecule has 0 fully saturated rings. The maximum Gasteiger partial charge on any atom is 0.125 e. The van der Waals surface area contributed by atoms with Crippen molar-refractivity contribution in [3.63, 3.8) is 0 Å². The zero-order chi connectivity index (χ0) is 13.6. The number of nitriles is 1. The van der Waals surface area contributed by atoms with Gasteiger partial charge in [-0.3, -0.25) is 0 Å². The van der Waals surface area contributed by atoms with Gasteiger partial charge in [-0.15, -0.1) is 0 Å². The van der Waals surface area contributed by atoms with Gasteiger partial charge in [-0.25, -0.2) is 0 Å². The summed E-state index contributed by atoms with van der Waals surface area (Å²) in [4.78, 5) is 0. The topological polar surface area (TPSA) is 35.8 Å². The molecule has 3 heteroatoms. The molecule has 2 nitrogen and oxygen atoms in total. The summed E-state index contributed by atoms with van der Waals surface area (Å²) < 4.78 is 0. The van der Waals surface area contributed by atoms with Gasteiger partial charge in [-0.1, -0.05) is 44.9 Å². The minimum atomic E-state index is -0.500. The fourth-order valence-corrected chi connectivity index (χ4v) is 2.21. The van der Waals surface area contributed by atoms with Crippen molar-refractivity contribution in [1.29, 1.82) is 5.26 Å². The molecule has 2 unspecified atom stereocenters. The first-order valence-corrected chi connectivity index (χ1v) is 6.88. The molecular weight excluding hydrogens is 244 g/mol. The third-order valence-corrected chi connectivity index (χ3v) is 3.65. The van der Waals surface area contributed by atoms with Crippen LogP contribution in [-0.4, -0.2) is 5.54 Å². The zero-order valence-corrected chi connectivity index (χ0v) is 12.1. The number of benzene rings is 1. The van der Waals surface area contributed by atoms with Crippen LogP contribution >= 0.6 is 11.6 Å². The smallest absolute Gasteiger partial charge is 0.125 e. The summed E-state index contributed by atoms with van der Waals surface area (Å²) in [5.41, 5.74) is 0.411. The van der Waals surface area contributed by atoms with Crippen LogP contribution in [0.1, 0.15) is 40.0 Å². The van der Waals surface area contributed by atoms with E-state index in [9.17, 15) is 5.26 Å². The number of nitrogens with zero attached hydrogens (tertiary/aromatic N) is 1. The highest BCUT2D eigenvalue weighted by atomic mass is 35.5. The van der Waals surface area contributed by atoms with E-state index in [1.165, 1.54) is 0 Å². The molecule has 1 aromatic rings. The van der Waals surface area contributed by atoms with E-state index in [1.54, 1.807) is 0 Å². The maximum atomic E-state index is 9.51. The number of rotatable bonds is 6. The first-order chi connectivity index (χ1) is 8.55. The van der Waals surface area contributed by atoms with E-state index < -0.39 is 5.54 Å². The van der Waals surface area contributed by atoms with Gasteiger partial charge in [-0.2, -0.15) is 5.26 Å². The molecule has 0 bridgehead atoms. The molecule has 0 aromatic heterocycles. The third kappa shape index (κ3) is 3.92. The van der Waals surface area contributed by atoms with Crippen LogP contribution in [0.15, 0.2) is 24.3 Å². The summed E-state index contributed by atoms with van der Waals surface area (Å²) in [7, 11) is 0. The molecule has 18 heavy (non-hydrogen) atoms. The quantitative estimate of drug-likeness (QED) is 0.796. The van der Waals surface area contributed by atoms with Crippen LogP contribution in [0.5, 0.6) is 0 Å². The van der Waals surface area contributed by atoms with Gasteiger partial charge in [0.2, 0.25) is 0 Å². The normalized spacial score (nSPS) is 15.5. The predicted molar refractivity (Wildman–Crippen MR) is 77.8 cm³/mol. The molecule has 1 N–H and O–H groups in total. The summed E-state index contributed by atoms with van der Waals surface area (Å²) in [5.74, 6) is 0.524. The van der Waals surface area contributed by atoms with Crippen LogP contribution in [0.25, 0.3) is 0 Å². The lowest BCUT2D eigenvalue weighted by molar-refractivity contribution is 0.404. The third-order valence-electron chi connectivity index (χ3n) is 3.42. The molecule has 0 aliphatic carbocycles. The number of hydrogen-bond donors (Lipinski definition) is 1. The van der Waals surface area contributed by atoms with Gasteiger partial charge in [0.25, 0.3) is 0 Å². The molecule has 98 valence electrons. The Labute approximate surface area is 115 Å². The van der Waals surface area contributed by atoms with E-state index in [2.05, 4.69) is 25.2 Å². The molecule has 0 spiro atoms. The first kappa shape index (κ1) is 14.9. The molecule has 0 heterocycles. The Balaban J connectivity index is 2.89. The second-order valence-corrected chi connectivity index (χ2v) is 5.34. The van der Waals surface area contributed by atoms with Crippen LogP contribution in [0.3, 0.4) is 0 Å². The largest absolute Gasteiger partial charge is 0.367 e. The van der Waals surface area contributed by atoms with Gasteiger partial charge >= 0.3 is 0 Å². The lowest BCUT2D eigenvalue weighted by Crippen LogP contribution is -2.37. The minimum Gasteiger partial charge on any atom is -0.367 e. The van der Waals surface area contributed by atoms with Crippen LogP contribution in [-0.2, 0) is 0 Å². The van der Waals surface area contributed by atoms with Gasteiger partial charge < -0.3 is 5.32 Å². The molecule has 0 radical (unpaired) electrons. The van der Waals surface area contributed by atoms with Crippen LogP contribution in [0, 0.1) is 17.2 Å². The Morgan fingerprint density at radius 1 is 1.44 bits per heavy atom. The number of anilines is 1. The Bertz CT molecular complexity index is 425. The highest BCUT2D eigenvalue weighted by molar-refractivity contribution is 6.30. The lowest BCUT2D eigenvalue weighted by Gasteiger charge is -2.30. The predicted octanol–water partition coefficient (Wildman–Crippen LogP) is 4.86. The second kappa shape index (κ2) is 6.66. The highest BCUT2D eigenvalue weighted by Crippen LogP contribution is 2.27. The molecule has 0 aliphatic rings. The van der Waals surface area contributed by atoms with E-state index >= 15 is 0 Å². The Kier molecular flexibility index (Phi) is 5.50. The summed E-state index contributed by atoms with van der Waals surface area (Å²) in [6.45, 7) is 6.38. The van der Waals surface area contributed by atoms with Gasteiger partial charge in [-0.05, 0) is 37.0 Å². The van der Waals surface area contributed by atoms with Gasteiger partial charge in [0, 0.05) is 10.7 Å². The van der Waals surface area contributed by atoms with E-state index in [0.717, 1.165) is 24.9 Å². The van der Waals surface area contributed by atoms with Crippen molar-refractivity contribution in [3.05, 3.63) is 29.3 Å². The van der Waals surface area contributed by atoms with E-state index in [4.69, 9.17) is 11.6 Å². The van der Waals surface area contributed by atoms with Gasteiger partial charge in [0.05, 0.1) is 6.07 Å². The van der Waals surface area contributed by atoms with Crippen LogP contribution in [0.4, 0.5) is 5.69 Å². The van der Waals surface area contributed by atoms with Crippen molar-refractivity contribution in [2.45, 2.75) is 45.6 Å². The van der Waals surface area contributed by atoms with Crippen molar-refractivity contribution in [2.24, 2.45) is 5.92 Å². The Hall–Kier alpha value is -1.20. The standard InChI is InChI=1S/C15H21ClN2/c1-4-12(3)10-15(5-2,11-17)18-14-8-6-7-13(16)9-14/h6-9,12,18H,4-5,10H2,1-3H3. The SMILES string of the molecule is CCC(C)CC(C#N)(CC)Nc1cccc(Cl)c1. The summed E-state index contributed by atoms with van der Waals surface area (Å²) >= 11 is 5.97. The van der Waals surface area contributed by atoms with Crippen LogP contribution < -0.4 is 5.32 Å². The van der Waals surface area contributed by atoms with Gasteiger partial charge in [0.15, 0.2) is 0 Å². The molecule has 0 saturated carbocycles. The lowest BCUT2D eigenvalue weighted by atomic mass is 9.85.